The first-order valence-corrected chi connectivity index (χ1v) is 4.47. The molecule has 3 fully saturated rings. The Kier molecular flexibility index (Phi) is 0.971. The van der Waals surface area contributed by atoms with E-state index in [4.69, 9.17) is 9.47 Å². The maximum absolute atomic E-state index is 11.5. The van der Waals surface area contributed by atoms with E-state index in [1.807, 2.05) is 0 Å². The highest BCUT2D eigenvalue weighted by atomic mass is 16.6. The summed E-state index contributed by atoms with van der Waals surface area (Å²) in [6, 6.07) is 0. The van der Waals surface area contributed by atoms with Gasteiger partial charge in [0.2, 0.25) is 0 Å². The summed E-state index contributed by atoms with van der Waals surface area (Å²) in [5.74, 6) is -0.0184. The number of hydrogen-bond acceptors (Lipinski definition) is 3. The second kappa shape index (κ2) is 1.69. The standard InChI is InChI=1S/C9H12O3/c1-11-7(10)8-2-3-9(5-8)6(4-8)12-9/h6H,2-5H2,1H3. The van der Waals surface area contributed by atoms with Gasteiger partial charge in [0.05, 0.1) is 24.2 Å². The minimum atomic E-state index is -0.155. The van der Waals surface area contributed by atoms with Gasteiger partial charge in [-0.15, -0.1) is 0 Å². The van der Waals surface area contributed by atoms with Crippen LogP contribution in [0.15, 0.2) is 0 Å². The van der Waals surface area contributed by atoms with Gasteiger partial charge in [0.15, 0.2) is 0 Å². The molecule has 3 heteroatoms. The monoisotopic (exact) mass is 168 g/mol. The van der Waals surface area contributed by atoms with Gasteiger partial charge >= 0.3 is 5.97 Å². The van der Waals surface area contributed by atoms with Crippen molar-refractivity contribution in [1.82, 2.24) is 0 Å². The molecule has 12 heavy (non-hydrogen) atoms. The van der Waals surface area contributed by atoms with E-state index in [0.717, 1.165) is 25.7 Å². The largest absolute Gasteiger partial charge is 0.469 e. The first-order chi connectivity index (χ1) is 5.71. The van der Waals surface area contributed by atoms with E-state index in [0.29, 0.717) is 6.10 Å². The molecule has 1 aliphatic heterocycles. The van der Waals surface area contributed by atoms with Crippen molar-refractivity contribution < 1.29 is 14.3 Å². The van der Waals surface area contributed by atoms with Crippen LogP contribution in [-0.4, -0.2) is 24.8 Å². The van der Waals surface area contributed by atoms with Crippen molar-refractivity contribution in [2.24, 2.45) is 5.41 Å². The van der Waals surface area contributed by atoms with Crippen molar-refractivity contribution in [2.75, 3.05) is 7.11 Å². The number of hydrogen-bond donors (Lipinski definition) is 0. The van der Waals surface area contributed by atoms with E-state index in [9.17, 15) is 4.79 Å². The van der Waals surface area contributed by atoms with Gasteiger partial charge in [0.1, 0.15) is 0 Å². The molecule has 66 valence electrons. The first-order valence-electron chi connectivity index (χ1n) is 4.47. The number of carbonyl (C=O) groups is 1. The van der Waals surface area contributed by atoms with Gasteiger partial charge in [-0.05, 0) is 25.7 Å². The van der Waals surface area contributed by atoms with E-state index in [2.05, 4.69) is 0 Å². The lowest BCUT2D eigenvalue weighted by Gasteiger charge is -2.22. The Bertz CT molecular complexity index is 262. The lowest BCUT2D eigenvalue weighted by atomic mass is 9.84. The summed E-state index contributed by atoms with van der Waals surface area (Å²) in [5, 5.41) is 0. The van der Waals surface area contributed by atoms with E-state index in [1.165, 1.54) is 7.11 Å². The van der Waals surface area contributed by atoms with Crippen molar-refractivity contribution in [3.63, 3.8) is 0 Å². The van der Waals surface area contributed by atoms with E-state index < -0.39 is 0 Å². The number of fused-ring (bicyclic) bond motifs is 1. The molecule has 1 saturated heterocycles. The summed E-state index contributed by atoms with van der Waals surface area (Å²) in [5.41, 5.74) is -0.0359. The fraction of sp³-hybridized carbons (Fsp3) is 0.889. The van der Waals surface area contributed by atoms with Gasteiger partial charge in [-0.25, -0.2) is 0 Å². The maximum Gasteiger partial charge on any atom is 0.312 e. The Morgan fingerprint density at radius 3 is 2.92 bits per heavy atom. The predicted molar refractivity (Wildman–Crippen MR) is 40.5 cm³/mol. The van der Waals surface area contributed by atoms with Crippen LogP contribution in [0, 0.1) is 5.41 Å². The summed E-state index contributed by atoms with van der Waals surface area (Å²) in [6.07, 6.45) is 4.23. The summed E-state index contributed by atoms with van der Waals surface area (Å²) >= 11 is 0. The number of ether oxygens (including phenoxy) is 2. The van der Waals surface area contributed by atoms with Crippen LogP contribution in [0.1, 0.15) is 25.7 Å². The fourth-order valence-corrected chi connectivity index (χ4v) is 3.06. The Morgan fingerprint density at radius 1 is 1.58 bits per heavy atom. The van der Waals surface area contributed by atoms with Crippen molar-refractivity contribution in [3.8, 4) is 0 Å². The second-order valence-electron chi connectivity index (χ2n) is 4.32. The summed E-state index contributed by atoms with van der Waals surface area (Å²) in [4.78, 5) is 11.5. The van der Waals surface area contributed by atoms with Crippen LogP contribution in [0.5, 0.6) is 0 Å². The normalized spacial score (nSPS) is 53.6. The highest BCUT2D eigenvalue weighted by Crippen LogP contribution is 2.68. The Balaban J connectivity index is 1.91. The molecular weight excluding hydrogens is 156 g/mol. The molecule has 3 nitrogen and oxygen atoms in total. The second-order valence-corrected chi connectivity index (χ2v) is 4.32. The average Bonchev–Trinajstić information content (AvgIpc) is 2.50. The van der Waals surface area contributed by atoms with Crippen LogP contribution >= 0.6 is 0 Å². The van der Waals surface area contributed by atoms with Gasteiger partial charge in [-0.1, -0.05) is 0 Å². The molecule has 0 aromatic rings. The zero-order chi connectivity index (χ0) is 8.40. The van der Waals surface area contributed by atoms with Crippen molar-refractivity contribution in [2.45, 2.75) is 37.4 Å². The number of carbonyl (C=O) groups excluding carboxylic acids is 1. The van der Waals surface area contributed by atoms with E-state index in [1.54, 1.807) is 0 Å². The molecule has 0 aromatic heterocycles. The average molecular weight is 168 g/mol. The molecule has 2 saturated carbocycles. The molecular formula is C9H12O3. The zero-order valence-electron chi connectivity index (χ0n) is 7.13. The molecule has 0 amide bonds. The Hall–Kier alpha value is -0.570. The summed E-state index contributed by atoms with van der Waals surface area (Å²) < 4.78 is 10.4. The van der Waals surface area contributed by atoms with Crippen molar-refractivity contribution >= 4 is 5.97 Å². The van der Waals surface area contributed by atoms with E-state index >= 15 is 0 Å². The van der Waals surface area contributed by atoms with Crippen molar-refractivity contribution in [3.05, 3.63) is 0 Å². The SMILES string of the molecule is COC(=O)C12CCC3(C1)OC3C2. The van der Waals surface area contributed by atoms with Crippen LogP contribution in [-0.2, 0) is 14.3 Å². The van der Waals surface area contributed by atoms with Crippen LogP contribution in [0.25, 0.3) is 0 Å². The third-order valence-corrected chi connectivity index (χ3v) is 3.77. The Labute approximate surface area is 71.0 Å². The number of epoxide rings is 1. The minimum Gasteiger partial charge on any atom is -0.469 e. The molecule has 2 aliphatic carbocycles. The molecule has 3 unspecified atom stereocenters. The topological polar surface area (TPSA) is 38.8 Å². The van der Waals surface area contributed by atoms with Crippen molar-refractivity contribution in [1.29, 1.82) is 0 Å². The maximum atomic E-state index is 11.5. The molecule has 0 aromatic carbocycles. The number of esters is 1. The fourth-order valence-electron chi connectivity index (χ4n) is 3.06. The molecule has 0 N–H and O–H groups in total. The quantitative estimate of drug-likeness (QED) is 0.431. The smallest absolute Gasteiger partial charge is 0.312 e. The van der Waals surface area contributed by atoms with Gasteiger partial charge in [-0.2, -0.15) is 0 Å². The van der Waals surface area contributed by atoms with Crippen LogP contribution in [0.4, 0.5) is 0 Å². The van der Waals surface area contributed by atoms with Gasteiger partial charge in [0, 0.05) is 0 Å². The third kappa shape index (κ3) is 0.565. The molecule has 3 rings (SSSR count). The lowest BCUT2D eigenvalue weighted by molar-refractivity contribution is -0.153. The number of methoxy groups -OCH3 is 1. The highest BCUT2D eigenvalue weighted by molar-refractivity contribution is 5.79. The highest BCUT2D eigenvalue weighted by Gasteiger charge is 2.74. The lowest BCUT2D eigenvalue weighted by Crippen LogP contribution is -2.29. The van der Waals surface area contributed by atoms with Gasteiger partial charge in [-0.3, -0.25) is 4.79 Å². The molecule has 3 aliphatic rings. The molecule has 0 radical (unpaired) electrons. The van der Waals surface area contributed by atoms with Gasteiger partial charge in [0.25, 0.3) is 0 Å². The number of rotatable bonds is 1. The summed E-state index contributed by atoms with van der Waals surface area (Å²) in [7, 11) is 1.48. The molecule has 1 spiro atoms. The van der Waals surface area contributed by atoms with Crippen LogP contribution < -0.4 is 0 Å². The predicted octanol–water partition coefficient (Wildman–Crippen LogP) is 0.871. The third-order valence-electron chi connectivity index (χ3n) is 3.77. The summed E-state index contributed by atoms with van der Waals surface area (Å²) in [6.45, 7) is 0. The van der Waals surface area contributed by atoms with Gasteiger partial charge < -0.3 is 9.47 Å². The Morgan fingerprint density at radius 2 is 2.42 bits per heavy atom. The molecule has 1 heterocycles. The molecule has 3 atom stereocenters. The zero-order valence-corrected chi connectivity index (χ0v) is 7.13. The minimum absolute atomic E-state index is 0.0184. The molecule has 2 bridgehead atoms. The van der Waals surface area contributed by atoms with E-state index in [-0.39, 0.29) is 17.0 Å². The van der Waals surface area contributed by atoms with Crippen LogP contribution in [0.2, 0.25) is 0 Å². The van der Waals surface area contributed by atoms with Crippen LogP contribution in [0.3, 0.4) is 0 Å². The first kappa shape index (κ1) is 6.89.